The summed E-state index contributed by atoms with van der Waals surface area (Å²) in [5.74, 6) is -0.270. The van der Waals surface area contributed by atoms with E-state index in [0.29, 0.717) is 25.8 Å². The first-order chi connectivity index (χ1) is 8.95. The molecule has 0 radical (unpaired) electrons. The Balaban J connectivity index is 2.48. The van der Waals surface area contributed by atoms with Crippen LogP contribution in [0.5, 0.6) is 5.88 Å². The van der Waals surface area contributed by atoms with E-state index in [4.69, 9.17) is 0 Å². The molecule has 1 amide bonds. The van der Waals surface area contributed by atoms with Crippen LogP contribution >= 0.6 is 0 Å². The van der Waals surface area contributed by atoms with Gasteiger partial charge in [-0.25, -0.2) is 4.79 Å². The molecule has 1 atom stereocenters. The average molecular weight is 267 g/mol. The number of likely N-dealkylation sites (tertiary alicyclic amines) is 1. The lowest BCUT2D eigenvalue weighted by Crippen LogP contribution is -2.43. The molecule has 19 heavy (non-hydrogen) atoms. The average Bonchev–Trinajstić information content (AvgIpc) is 2.33. The first kappa shape index (κ1) is 13.4. The molecule has 0 aliphatic carbocycles. The molecule has 0 saturated carbocycles. The minimum atomic E-state index is -0.632. The molecule has 7 nitrogen and oxygen atoms in total. The third kappa shape index (κ3) is 2.27. The van der Waals surface area contributed by atoms with Crippen LogP contribution in [0.15, 0.2) is 9.59 Å². The maximum Gasteiger partial charge on any atom is 0.331 e. The van der Waals surface area contributed by atoms with E-state index < -0.39 is 11.2 Å². The summed E-state index contributed by atoms with van der Waals surface area (Å²) in [7, 11) is 1.66. The molecule has 1 aliphatic heterocycles. The lowest BCUT2D eigenvalue weighted by molar-refractivity contribution is -0.133. The maximum absolute atomic E-state index is 11.9. The topological polar surface area (TPSA) is 95.4 Å². The number of H-pyrrole nitrogens is 1. The van der Waals surface area contributed by atoms with Gasteiger partial charge in [0.25, 0.3) is 5.56 Å². The number of nitrogens with zero attached hydrogens (tertiary/aromatic N) is 2. The van der Waals surface area contributed by atoms with Gasteiger partial charge in [-0.05, 0) is 12.8 Å². The number of piperidine rings is 1. The highest BCUT2D eigenvalue weighted by Crippen LogP contribution is 2.24. The van der Waals surface area contributed by atoms with Gasteiger partial charge in [-0.2, -0.15) is 0 Å². The third-order valence-electron chi connectivity index (χ3n) is 3.53. The Morgan fingerprint density at radius 1 is 1.37 bits per heavy atom. The molecule has 1 aromatic heterocycles. The third-order valence-corrected chi connectivity index (χ3v) is 3.53. The number of rotatable bonds is 2. The standard InChI is InChI=1S/C12H17N3O4/c1-3-8-10(17)13-12(19)15(11(8)18)7-4-5-9(16)14(2)6-7/h7,18H,3-6H2,1-2H3,(H,13,17,19). The summed E-state index contributed by atoms with van der Waals surface area (Å²) < 4.78 is 1.18. The Kier molecular flexibility index (Phi) is 3.46. The number of amides is 1. The number of aromatic amines is 1. The fraction of sp³-hybridized carbons (Fsp3) is 0.583. The van der Waals surface area contributed by atoms with Crippen LogP contribution < -0.4 is 11.2 Å². The van der Waals surface area contributed by atoms with Gasteiger partial charge < -0.3 is 10.0 Å². The summed E-state index contributed by atoms with van der Waals surface area (Å²) in [6, 6.07) is -0.308. The summed E-state index contributed by atoms with van der Waals surface area (Å²) in [5, 5.41) is 10.1. The molecular weight excluding hydrogens is 250 g/mol. The van der Waals surface area contributed by atoms with E-state index in [1.54, 1.807) is 14.0 Å². The van der Waals surface area contributed by atoms with E-state index in [-0.39, 0.29) is 23.4 Å². The highest BCUT2D eigenvalue weighted by Gasteiger charge is 2.27. The Labute approximate surface area is 109 Å². The van der Waals surface area contributed by atoms with Crippen LogP contribution in [0.3, 0.4) is 0 Å². The lowest BCUT2D eigenvalue weighted by Gasteiger charge is -2.31. The van der Waals surface area contributed by atoms with Crippen LogP contribution in [0.25, 0.3) is 0 Å². The van der Waals surface area contributed by atoms with Crippen molar-refractivity contribution in [3.63, 3.8) is 0 Å². The fourth-order valence-electron chi connectivity index (χ4n) is 2.43. The zero-order chi connectivity index (χ0) is 14.2. The summed E-state index contributed by atoms with van der Waals surface area (Å²) >= 11 is 0. The summed E-state index contributed by atoms with van der Waals surface area (Å²) in [6.07, 6.45) is 1.14. The van der Waals surface area contributed by atoms with Crippen LogP contribution in [-0.2, 0) is 11.2 Å². The van der Waals surface area contributed by atoms with Crippen molar-refractivity contribution in [1.29, 1.82) is 0 Å². The second-order valence-electron chi connectivity index (χ2n) is 4.75. The normalized spacial score (nSPS) is 19.8. The molecule has 2 rings (SSSR count). The minimum absolute atomic E-state index is 0.0175. The Bertz CT molecular complexity index is 616. The number of carbonyl (C=O) groups excluding carboxylic acids is 1. The predicted molar refractivity (Wildman–Crippen MR) is 68.3 cm³/mol. The number of aromatic nitrogens is 2. The summed E-state index contributed by atoms with van der Waals surface area (Å²) in [5.41, 5.74) is -0.993. The van der Waals surface area contributed by atoms with E-state index in [2.05, 4.69) is 4.98 Å². The molecule has 2 N–H and O–H groups in total. The zero-order valence-corrected chi connectivity index (χ0v) is 11.0. The van der Waals surface area contributed by atoms with Gasteiger partial charge in [-0.3, -0.25) is 19.1 Å². The van der Waals surface area contributed by atoms with E-state index in [0.717, 1.165) is 0 Å². The van der Waals surface area contributed by atoms with Gasteiger partial charge in [-0.1, -0.05) is 6.92 Å². The van der Waals surface area contributed by atoms with Gasteiger partial charge in [0.15, 0.2) is 0 Å². The van der Waals surface area contributed by atoms with Gasteiger partial charge in [-0.15, -0.1) is 0 Å². The molecule has 0 bridgehead atoms. The van der Waals surface area contributed by atoms with E-state index >= 15 is 0 Å². The predicted octanol–water partition coefficient (Wildman–Crippen LogP) is -0.402. The molecule has 0 aromatic carbocycles. The van der Waals surface area contributed by atoms with Crippen molar-refractivity contribution in [2.24, 2.45) is 0 Å². The monoisotopic (exact) mass is 267 g/mol. The number of hydrogen-bond acceptors (Lipinski definition) is 4. The molecule has 1 aliphatic rings. The Morgan fingerprint density at radius 3 is 2.63 bits per heavy atom. The summed E-state index contributed by atoms with van der Waals surface area (Å²) in [6.45, 7) is 2.08. The highest BCUT2D eigenvalue weighted by atomic mass is 16.3. The van der Waals surface area contributed by atoms with Crippen LogP contribution in [0.1, 0.15) is 31.4 Å². The zero-order valence-electron chi connectivity index (χ0n) is 11.0. The van der Waals surface area contributed by atoms with Gasteiger partial charge >= 0.3 is 5.69 Å². The molecule has 0 spiro atoms. The smallest absolute Gasteiger partial charge is 0.331 e. The second-order valence-corrected chi connectivity index (χ2v) is 4.75. The van der Waals surface area contributed by atoms with Crippen molar-refractivity contribution >= 4 is 5.91 Å². The van der Waals surface area contributed by atoms with Crippen LogP contribution in [0.2, 0.25) is 0 Å². The van der Waals surface area contributed by atoms with Crippen molar-refractivity contribution in [3.05, 3.63) is 26.4 Å². The number of hydrogen-bond donors (Lipinski definition) is 2. The quantitative estimate of drug-likeness (QED) is 0.762. The number of aromatic hydroxyl groups is 1. The minimum Gasteiger partial charge on any atom is -0.494 e. The molecular formula is C12H17N3O4. The van der Waals surface area contributed by atoms with Gasteiger partial charge in [0.05, 0.1) is 11.6 Å². The van der Waals surface area contributed by atoms with Crippen molar-refractivity contribution in [1.82, 2.24) is 14.5 Å². The molecule has 7 heteroatoms. The number of carbonyl (C=O) groups is 1. The molecule has 1 fully saturated rings. The fourth-order valence-corrected chi connectivity index (χ4v) is 2.43. The second kappa shape index (κ2) is 4.91. The van der Waals surface area contributed by atoms with E-state index in [9.17, 15) is 19.5 Å². The maximum atomic E-state index is 11.9. The SMILES string of the molecule is CCc1c(O)n(C2CCC(=O)N(C)C2)c(=O)[nH]c1=O. The summed E-state index contributed by atoms with van der Waals surface area (Å²) in [4.78, 5) is 38.6. The van der Waals surface area contributed by atoms with Crippen LogP contribution in [-0.4, -0.2) is 39.1 Å². The first-order valence-corrected chi connectivity index (χ1v) is 6.26. The number of likely N-dealkylation sites (N-methyl/N-ethyl adjacent to an activating group) is 1. The Morgan fingerprint density at radius 2 is 2.05 bits per heavy atom. The molecule has 104 valence electrons. The van der Waals surface area contributed by atoms with Crippen molar-refractivity contribution < 1.29 is 9.90 Å². The van der Waals surface area contributed by atoms with Crippen LogP contribution in [0.4, 0.5) is 0 Å². The van der Waals surface area contributed by atoms with Crippen molar-refractivity contribution in [3.8, 4) is 5.88 Å². The van der Waals surface area contributed by atoms with Gasteiger partial charge in [0.2, 0.25) is 11.8 Å². The molecule has 1 aromatic rings. The van der Waals surface area contributed by atoms with Gasteiger partial charge in [0, 0.05) is 20.0 Å². The van der Waals surface area contributed by atoms with Crippen LogP contribution in [0, 0.1) is 0 Å². The van der Waals surface area contributed by atoms with Gasteiger partial charge in [0.1, 0.15) is 0 Å². The van der Waals surface area contributed by atoms with E-state index in [1.807, 2.05) is 0 Å². The first-order valence-electron chi connectivity index (χ1n) is 6.26. The largest absolute Gasteiger partial charge is 0.494 e. The number of nitrogens with one attached hydrogen (secondary N) is 1. The Hall–Kier alpha value is -2.05. The molecule has 1 unspecified atom stereocenters. The van der Waals surface area contributed by atoms with Crippen molar-refractivity contribution in [2.45, 2.75) is 32.2 Å². The lowest BCUT2D eigenvalue weighted by atomic mass is 10.1. The molecule has 2 heterocycles. The van der Waals surface area contributed by atoms with E-state index in [1.165, 1.54) is 9.47 Å². The highest BCUT2D eigenvalue weighted by molar-refractivity contribution is 5.76. The van der Waals surface area contributed by atoms with Crippen molar-refractivity contribution in [2.75, 3.05) is 13.6 Å². The molecule has 1 saturated heterocycles.